The van der Waals surface area contributed by atoms with Crippen LogP contribution in [0.15, 0.2) is 23.2 Å². The predicted octanol–water partition coefficient (Wildman–Crippen LogP) is 3.72. The summed E-state index contributed by atoms with van der Waals surface area (Å²) in [7, 11) is 0. The van der Waals surface area contributed by atoms with E-state index in [4.69, 9.17) is 16.3 Å². The van der Waals surface area contributed by atoms with Gasteiger partial charge in [-0.05, 0) is 51.3 Å². The number of ether oxygens (including phenoxy) is 1. The van der Waals surface area contributed by atoms with Crippen molar-refractivity contribution in [1.29, 1.82) is 0 Å². The molecular weight excluding hydrogens is 479 g/mol. The first-order valence-corrected chi connectivity index (χ1v) is 9.52. The molecule has 152 valence electrons. The topological polar surface area (TPSA) is 74.8 Å². The lowest BCUT2D eigenvalue weighted by molar-refractivity contribution is -0.116. The van der Waals surface area contributed by atoms with Crippen molar-refractivity contribution >= 4 is 53.1 Å². The van der Waals surface area contributed by atoms with Crippen molar-refractivity contribution in [2.75, 3.05) is 31.6 Å². The van der Waals surface area contributed by atoms with Gasteiger partial charge in [0.25, 0.3) is 0 Å². The Morgan fingerprint density at radius 2 is 2.15 bits per heavy atom. The number of carbonyl (C=O) groups is 1. The van der Waals surface area contributed by atoms with Gasteiger partial charge in [-0.2, -0.15) is 0 Å². The fourth-order valence-electron chi connectivity index (χ4n) is 2.78. The van der Waals surface area contributed by atoms with Gasteiger partial charge in [0.05, 0.1) is 22.9 Å². The Morgan fingerprint density at radius 1 is 1.37 bits per heavy atom. The molecule has 1 atom stereocenters. The maximum Gasteiger partial charge on any atom is 0.226 e. The van der Waals surface area contributed by atoms with Crippen molar-refractivity contribution in [1.82, 2.24) is 10.6 Å². The predicted molar refractivity (Wildman–Crippen MR) is 122 cm³/mol. The van der Waals surface area contributed by atoms with E-state index in [-0.39, 0.29) is 35.5 Å². The number of amides is 1. The highest BCUT2D eigenvalue weighted by Gasteiger charge is 2.29. The van der Waals surface area contributed by atoms with E-state index in [1.54, 1.807) is 0 Å². The first-order chi connectivity index (χ1) is 12.4. The zero-order valence-electron chi connectivity index (χ0n) is 16.2. The average Bonchev–Trinajstić information content (AvgIpc) is 3.02. The molecule has 1 amide bonds. The lowest BCUT2D eigenvalue weighted by Crippen LogP contribution is -2.40. The molecule has 1 aromatic rings. The van der Waals surface area contributed by atoms with Gasteiger partial charge in [-0.15, -0.1) is 24.0 Å². The van der Waals surface area contributed by atoms with Crippen LogP contribution in [0, 0.1) is 6.92 Å². The van der Waals surface area contributed by atoms with E-state index in [1.807, 2.05) is 32.0 Å². The number of hydrogen-bond donors (Lipinski definition) is 3. The van der Waals surface area contributed by atoms with Crippen LogP contribution in [0.2, 0.25) is 5.02 Å². The van der Waals surface area contributed by atoms with Gasteiger partial charge in [-0.1, -0.05) is 17.7 Å². The molecule has 1 heterocycles. The van der Waals surface area contributed by atoms with Crippen molar-refractivity contribution in [2.45, 2.75) is 45.6 Å². The van der Waals surface area contributed by atoms with E-state index >= 15 is 0 Å². The number of carbonyl (C=O) groups excluding carboxylic acids is 1. The van der Waals surface area contributed by atoms with Crippen molar-refractivity contribution in [3.05, 3.63) is 28.8 Å². The van der Waals surface area contributed by atoms with Crippen molar-refractivity contribution in [3.63, 3.8) is 0 Å². The van der Waals surface area contributed by atoms with Crippen LogP contribution in [0.5, 0.6) is 0 Å². The van der Waals surface area contributed by atoms with Gasteiger partial charge in [0, 0.05) is 26.1 Å². The largest absolute Gasteiger partial charge is 0.373 e. The maximum absolute atomic E-state index is 12.1. The quantitative estimate of drug-likeness (QED) is 0.298. The van der Waals surface area contributed by atoms with E-state index < -0.39 is 0 Å². The zero-order valence-corrected chi connectivity index (χ0v) is 19.3. The van der Waals surface area contributed by atoms with E-state index in [2.05, 4.69) is 27.9 Å². The van der Waals surface area contributed by atoms with Crippen molar-refractivity contribution < 1.29 is 9.53 Å². The van der Waals surface area contributed by atoms with E-state index in [9.17, 15) is 4.79 Å². The van der Waals surface area contributed by atoms with E-state index in [1.165, 1.54) is 0 Å². The Balaban J connectivity index is 0.00000364. The lowest BCUT2D eigenvalue weighted by atomic mass is 10.0. The number of benzene rings is 1. The van der Waals surface area contributed by atoms with Gasteiger partial charge in [-0.3, -0.25) is 9.79 Å². The number of hydrogen-bond acceptors (Lipinski definition) is 3. The molecule has 1 aliphatic rings. The van der Waals surface area contributed by atoms with Crippen molar-refractivity contribution in [2.24, 2.45) is 4.99 Å². The van der Waals surface area contributed by atoms with Crippen molar-refractivity contribution in [3.8, 4) is 0 Å². The van der Waals surface area contributed by atoms with Crippen LogP contribution in [0.1, 0.15) is 38.7 Å². The fraction of sp³-hybridized carbons (Fsp3) is 0.579. The number of halogens is 2. The summed E-state index contributed by atoms with van der Waals surface area (Å²) in [6.07, 6.45) is 2.43. The Hall–Kier alpha value is -1.06. The molecule has 1 saturated heterocycles. The summed E-state index contributed by atoms with van der Waals surface area (Å²) >= 11 is 6.14. The normalized spacial score (nSPS) is 19.3. The molecule has 0 saturated carbocycles. The first-order valence-electron chi connectivity index (χ1n) is 9.14. The van der Waals surface area contributed by atoms with Crippen LogP contribution < -0.4 is 16.0 Å². The van der Waals surface area contributed by atoms with E-state index in [0.717, 1.165) is 31.6 Å². The Bertz CT molecular complexity index is 649. The third-order valence-corrected chi connectivity index (χ3v) is 4.57. The Morgan fingerprint density at radius 3 is 2.78 bits per heavy atom. The summed E-state index contributed by atoms with van der Waals surface area (Å²) in [5.41, 5.74) is 1.51. The van der Waals surface area contributed by atoms with Crippen LogP contribution in [0.25, 0.3) is 0 Å². The van der Waals surface area contributed by atoms with Crippen LogP contribution >= 0.6 is 35.6 Å². The number of aryl methyl sites for hydroxylation is 1. The lowest BCUT2D eigenvalue weighted by Gasteiger charge is -2.21. The summed E-state index contributed by atoms with van der Waals surface area (Å²) in [5, 5.41) is 9.77. The Kier molecular flexibility index (Phi) is 10.4. The molecule has 2 rings (SSSR count). The zero-order chi connectivity index (χ0) is 19.0. The molecule has 1 fully saturated rings. The highest BCUT2D eigenvalue weighted by Crippen LogP contribution is 2.25. The molecule has 8 heteroatoms. The monoisotopic (exact) mass is 508 g/mol. The highest BCUT2D eigenvalue weighted by molar-refractivity contribution is 14.0. The second-order valence-electron chi connectivity index (χ2n) is 6.81. The summed E-state index contributed by atoms with van der Waals surface area (Å²) < 4.78 is 5.76. The van der Waals surface area contributed by atoms with Gasteiger partial charge in [0.2, 0.25) is 5.91 Å². The van der Waals surface area contributed by atoms with Gasteiger partial charge in [0.1, 0.15) is 0 Å². The third kappa shape index (κ3) is 8.23. The molecule has 0 bridgehead atoms. The van der Waals surface area contributed by atoms with Gasteiger partial charge in [0.15, 0.2) is 5.96 Å². The standard InChI is InChI=1S/C19H29ClN4O2.HI/c1-4-21-18(23-13-19(3)9-5-11-26-19)22-10-8-17(25)24-16-7-6-14(2)12-15(16)20;/h6-7,12H,4-5,8-11,13H2,1-3H3,(H,24,25)(H2,21,22,23);1H. The number of rotatable bonds is 7. The van der Waals surface area contributed by atoms with Crippen LogP contribution in [0.4, 0.5) is 5.69 Å². The molecule has 0 radical (unpaired) electrons. The molecule has 27 heavy (non-hydrogen) atoms. The molecule has 3 N–H and O–H groups in total. The minimum absolute atomic E-state index is 0. The number of guanidine groups is 1. The minimum Gasteiger partial charge on any atom is -0.373 e. The van der Waals surface area contributed by atoms with Crippen LogP contribution in [-0.2, 0) is 9.53 Å². The molecule has 0 spiro atoms. The first kappa shape index (κ1) is 24.0. The van der Waals surface area contributed by atoms with Crippen LogP contribution in [-0.4, -0.2) is 43.7 Å². The number of nitrogens with zero attached hydrogens (tertiary/aromatic N) is 1. The summed E-state index contributed by atoms with van der Waals surface area (Å²) in [6, 6.07) is 5.56. The molecule has 1 aliphatic heterocycles. The summed E-state index contributed by atoms with van der Waals surface area (Å²) in [5.74, 6) is 0.607. The van der Waals surface area contributed by atoms with Gasteiger partial charge in [-0.25, -0.2) is 0 Å². The highest BCUT2D eigenvalue weighted by atomic mass is 127. The van der Waals surface area contributed by atoms with E-state index in [0.29, 0.717) is 36.2 Å². The fourth-order valence-corrected chi connectivity index (χ4v) is 3.06. The van der Waals surface area contributed by atoms with Gasteiger partial charge >= 0.3 is 0 Å². The summed E-state index contributed by atoms with van der Waals surface area (Å²) in [6.45, 7) is 8.71. The molecule has 0 aromatic heterocycles. The third-order valence-electron chi connectivity index (χ3n) is 4.26. The molecule has 1 aromatic carbocycles. The number of aliphatic imine (C=N–C) groups is 1. The second kappa shape index (κ2) is 11.7. The second-order valence-corrected chi connectivity index (χ2v) is 7.21. The summed E-state index contributed by atoms with van der Waals surface area (Å²) in [4.78, 5) is 16.7. The molecule has 6 nitrogen and oxygen atoms in total. The number of anilines is 1. The SMILES string of the molecule is CCNC(=NCC1(C)CCCO1)NCCC(=O)Nc1ccc(C)cc1Cl.I. The molecular formula is C19H30ClIN4O2. The smallest absolute Gasteiger partial charge is 0.226 e. The number of nitrogens with one attached hydrogen (secondary N) is 3. The molecule has 0 aliphatic carbocycles. The van der Waals surface area contributed by atoms with Gasteiger partial charge < -0.3 is 20.7 Å². The maximum atomic E-state index is 12.1. The van der Waals surface area contributed by atoms with Crippen LogP contribution in [0.3, 0.4) is 0 Å². The Labute approximate surface area is 183 Å². The average molecular weight is 509 g/mol. The minimum atomic E-state index is -0.179. The molecule has 1 unspecified atom stereocenters.